The lowest BCUT2D eigenvalue weighted by molar-refractivity contribution is -0.0559. The van der Waals surface area contributed by atoms with Crippen LogP contribution in [0.1, 0.15) is 22.8 Å². The van der Waals surface area contributed by atoms with E-state index in [-0.39, 0.29) is 18.1 Å². The number of ether oxygens (including phenoxy) is 1. The van der Waals surface area contributed by atoms with Crippen molar-refractivity contribution in [2.24, 2.45) is 0 Å². The van der Waals surface area contributed by atoms with Crippen LogP contribution in [0.25, 0.3) is 0 Å². The normalized spacial score (nSPS) is 23.5. The molecule has 1 fully saturated rings. The minimum absolute atomic E-state index is 0.0703. The van der Waals surface area contributed by atoms with Crippen LogP contribution in [0.2, 0.25) is 0 Å². The highest BCUT2D eigenvalue weighted by molar-refractivity contribution is 9.10. The van der Waals surface area contributed by atoms with Crippen molar-refractivity contribution in [2.45, 2.75) is 26.1 Å². The van der Waals surface area contributed by atoms with Gasteiger partial charge in [-0.15, -0.1) is 0 Å². The number of aryl methyl sites for hydroxylation is 1. The van der Waals surface area contributed by atoms with E-state index in [0.29, 0.717) is 13.1 Å². The maximum Gasteiger partial charge on any atom is 0.254 e. The third kappa shape index (κ3) is 3.80. The zero-order valence-electron chi connectivity index (χ0n) is 11.0. The quantitative estimate of drug-likeness (QED) is 0.724. The van der Waals surface area contributed by atoms with Gasteiger partial charge < -0.3 is 9.64 Å². The molecule has 3 nitrogen and oxygen atoms in total. The third-order valence-corrected chi connectivity index (χ3v) is 4.25. The lowest BCUT2D eigenvalue weighted by Crippen LogP contribution is -2.49. The number of benzene rings is 1. The number of carbonyl (C=O) groups is 1. The molecule has 1 amide bonds. The van der Waals surface area contributed by atoms with Crippen molar-refractivity contribution in [1.29, 1.82) is 0 Å². The van der Waals surface area contributed by atoms with Crippen molar-refractivity contribution >= 4 is 37.8 Å². The van der Waals surface area contributed by atoms with Crippen molar-refractivity contribution in [3.05, 3.63) is 33.8 Å². The molecule has 0 N–H and O–H groups in total. The Morgan fingerprint density at radius 3 is 2.79 bits per heavy atom. The lowest BCUT2D eigenvalue weighted by Gasteiger charge is -2.36. The Morgan fingerprint density at radius 2 is 2.16 bits per heavy atom. The molecule has 19 heavy (non-hydrogen) atoms. The van der Waals surface area contributed by atoms with E-state index >= 15 is 0 Å². The average Bonchev–Trinajstić information content (AvgIpc) is 2.35. The van der Waals surface area contributed by atoms with Gasteiger partial charge in [-0.25, -0.2) is 0 Å². The summed E-state index contributed by atoms with van der Waals surface area (Å²) in [7, 11) is 0. The fraction of sp³-hybridized carbons (Fsp3) is 0.500. The lowest BCUT2D eigenvalue weighted by atomic mass is 10.1. The zero-order valence-corrected chi connectivity index (χ0v) is 14.2. The molecule has 2 unspecified atom stereocenters. The number of nitrogens with zero attached hydrogens (tertiary/aromatic N) is 1. The molecule has 1 aliphatic heterocycles. The van der Waals surface area contributed by atoms with Gasteiger partial charge in [0.15, 0.2) is 0 Å². The molecular formula is C14H17Br2NO2. The van der Waals surface area contributed by atoms with Gasteiger partial charge >= 0.3 is 0 Å². The molecule has 1 aliphatic rings. The molecule has 0 radical (unpaired) electrons. The molecule has 0 aliphatic carbocycles. The summed E-state index contributed by atoms with van der Waals surface area (Å²) in [5, 5.41) is 0.749. The summed E-state index contributed by atoms with van der Waals surface area (Å²) >= 11 is 6.86. The van der Waals surface area contributed by atoms with Crippen molar-refractivity contribution in [1.82, 2.24) is 4.90 Å². The molecule has 0 aromatic heterocycles. The Bertz CT molecular complexity index is 458. The first kappa shape index (κ1) is 15.0. The van der Waals surface area contributed by atoms with Crippen LogP contribution in [0.4, 0.5) is 0 Å². The summed E-state index contributed by atoms with van der Waals surface area (Å²) in [6, 6.07) is 5.80. The fourth-order valence-electron chi connectivity index (χ4n) is 2.34. The van der Waals surface area contributed by atoms with E-state index in [1.807, 2.05) is 36.9 Å². The van der Waals surface area contributed by atoms with Gasteiger partial charge in [0.25, 0.3) is 5.91 Å². The topological polar surface area (TPSA) is 29.5 Å². The summed E-state index contributed by atoms with van der Waals surface area (Å²) in [6.07, 6.45) is 0.148. The summed E-state index contributed by atoms with van der Waals surface area (Å²) in [5.74, 6) is 0.0745. The monoisotopic (exact) mass is 389 g/mol. The van der Waals surface area contributed by atoms with E-state index in [9.17, 15) is 4.79 Å². The molecule has 0 saturated carbocycles. The van der Waals surface area contributed by atoms with Gasteiger partial charge in [0, 0.05) is 28.5 Å². The molecule has 5 heteroatoms. The molecule has 2 rings (SSSR count). The maximum absolute atomic E-state index is 12.5. The van der Waals surface area contributed by atoms with Crippen LogP contribution in [-0.4, -0.2) is 41.4 Å². The number of rotatable bonds is 2. The van der Waals surface area contributed by atoms with Gasteiger partial charge in [-0.2, -0.15) is 0 Å². The predicted molar refractivity (Wildman–Crippen MR) is 82.9 cm³/mol. The van der Waals surface area contributed by atoms with Gasteiger partial charge in [-0.05, 0) is 37.6 Å². The van der Waals surface area contributed by atoms with Crippen molar-refractivity contribution in [2.75, 3.05) is 18.4 Å². The van der Waals surface area contributed by atoms with Crippen LogP contribution in [0, 0.1) is 6.92 Å². The van der Waals surface area contributed by atoms with Gasteiger partial charge in [-0.3, -0.25) is 4.79 Å². The minimum Gasteiger partial charge on any atom is -0.371 e. The average molecular weight is 391 g/mol. The van der Waals surface area contributed by atoms with E-state index in [0.717, 1.165) is 20.9 Å². The SMILES string of the molecule is Cc1cc(Br)cc(C(=O)N2CC(C)OC(CBr)C2)c1. The highest BCUT2D eigenvalue weighted by Crippen LogP contribution is 2.20. The van der Waals surface area contributed by atoms with Gasteiger partial charge in [0.1, 0.15) is 0 Å². The summed E-state index contributed by atoms with van der Waals surface area (Å²) in [5.41, 5.74) is 1.81. The zero-order chi connectivity index (χ0) is 14.0. The molecule has 2 atom stereocenters. The first-order chi connectivity index (χ1) is 8.99. The van der Waals surface area contributed by atoms with Crippen LogP contribution in [0.15, 0.2) is 22.7 Å². The fourth-order valence-corrected chi connectivity index (χ4v) is 3.30. The van der Waals surface area contributed by atoms with Crippen LogP contribution >= 0.6 is 31.9 Å². The predicted octanol–water partition coefficient (Wildman–Crippen LogP) is 3.38. The van der Waals surface area contributed by atoms with Gasteiger partial charge in [-0.1, -0.05) is 31.9 Å². The Labute approximate surface area is 130 Å². The second-order valence-corrected chi connectivity index (χ2v) is 6.51. The van der Waals surface area contributed by atoms with E-state index in [1.54, 1.807) is 0 Å². The number of hydrogen-bond acceptors (Lipinski definition) is 2. The molecule has 1 aromatic rings. The number of hydrogen-bond donors (Lipinski definition) is 0. The maximum atomic E-state index is 12.5. The highest BCUT2D eigenvalue weighted by atomic mass is 79.9. The third-order valence-electron chi connectivity index (χ3n) is 3.07. The Morgan fingerprint density at radius 1 is 1.42 bits per heavy atom. The van der Waals surface area contributed by atoms with E-state index in [4.69, 9.17) is 4.74 Å². The molecule has 1 saturated heterocycles. The largest absolute Gasteiger partial charge is 0.371 e. The Balaban J connectivity index is 2.18. The van der Waals surface area contributed by atoms with E-state index in [2.05, 4.69) is 31.9 Å². The number of carbonyl (C=O) groups excluding carboxylic acids is 1. The second-order valence-electron chi connectivity index (χ2n) is 4.95. The molecule has 1 aromatic carbocycles. The first-order valence-electron chi connectivity index (χ1n) is 6.27. The van der Waals surface area contributed by atoms with E-state index < -0.39 is 0 Å². The summed E-state index contributed by atoms with van der Waals surface area (Å²) in [4.78, 5) is 14.4. The Kier molecular flexibility index (Phi) is 5.03. The Hall–Kier alpha value is -0.390. The van der Waals surface area contributed by atoms with Crippen LogP contribution in [0.5, 0.6) is 0 Å². The molecule has 104 valence electrons. The first-order valence-corrected chi connectivity index (χ1v) is 8.19. The van der Waals surface area contributed by atoms with Crippen LogP contribution in [0.3, 0.4) is 0 Å². The van der Waals surface area contributed by atoms with E-state index in [1.165, 1.54) is 0 Å². The summed E-state index contributed by atoms with van der Waals surface area (Å²) in [6.45, 7) is 5.28. The van der Waals surface area contributed by atoms with Crippen LogP contribution < -0.4 is 0 Å². The second kappa shape index (κ2) is 6.37. The van der Waals surface area contributed by atoms with Gasteiger partial charge in [0.05, 0.1) is 12.2 Å². The standard InChI is InChI=1S/C14H17Br2NO2/c1-9-3-11(5-12(16)4-9)14(18)17-7-10(2)19-13(6-15)8-17/h3-5,10,13H,6-8H2,1-2H3. The smallest absolute Gasteiger partial charge is 0.254 e. The molecule has 1 heterocycles. The number of halogens is 2. The van der Waals surface area contributed by atoms with Crippen molar-refractivity contribution < 1.29 is 9.53 Å². The van der Waals surface area contributed by atoms with Crippen molar-refractivity contribution in [3.63, 3.8) is 0 Å². The highest BCUT2D eigenvalue weighted by Gasteiger charge is 2.28. The number of morpholine rings is 1. The van der Waals surface area contributed by atoms with Gasteiger partial charge in [0.2, 0.25) is 0 Å². The molecule has 0 spiro atoms. The minimum atomic E-state index is 0.0703. The molecule has 0 bridgehead atoms. The molecular weight excluding hydrogens is 374 g/mol. The summed E-state index contributed by atoms with van der Waals surface area (Å²) < 4.78 is 6.69. The van der Waals surface area contributed by atoms with Crippen LogP contribution in [-0.2, 0) is 4.74 Å². The number of amides is 1. The number of alkyl halides is 1. The van der Waals surface area contributed by atoms with Crippen molar-refractivity contribution in [3.8, 4) is 0 Å².